The maximum Gasteiger partial charge on any atom is 0.309 e. The molecule has 0 aliphatic rings. The molecule has 1 aromatic carbocycles. The minimum Gasteiger partial charge on any atom is -0.481 e. The lowest BCUT2D eigenvalue weighted by Gasteiger charge is -2.24. The van der Waals surface area contributed by atoms with Crippen LogP contribution in [0.15, 0.2) is 24.3 Å². The van der Waals surface area contributed by atoms with Crippen LogP contribution >= 0.6 is 0 Å². The monoisotopic (exact) mass is 278 g/mol. The highest BCUT2D eigenvalue weighted by Crippen LogP contribution is 2.29. The van der Waals surface area contributed by atoms with Crippen LogP contribution in [0.25, 0.3) is 0 Å². The molecule has 20 heavy (non-hydrogen) atoms. The number of hydrogen-bond acceptors (Lipinski definition) is 2. The molecular formula is C16H23NO3. The van der Waals surface area contributed by atoms with Crippen molar-refractivity contribution in [2.75, 3.05) is 0 Å². The summed E-state index contributed by atoms with van der Waals surface area (Å²) < 4.78 is 6.77. The number of aliphatic carboxylic acids is 1. The van der Waals surface area contributed by atoms with E-state index in [1.807, 2.05) is 30.0 Å². The van der Waals surface area contributed by atoms with E-state index in [4.69, 9.17) is 1.41 Å². The third-order valence-corrected chi connectivity index (χ3v) is 3.58. The summed E-state index contributed by atoms with van der Waals surface area (Å²) in [6.07, 6.45) is 3.17. The molecule has 4 nitrogen and oxygen atoms in total. The van der Waals surface area contributed by atoms with Crippen LogP contribution in [0.1, 0.15) is 44.2 Å². The Morgan fingerprint density at radius 2 is 1.90 bits per heavy atom. The topological polar surface area (TPSA) is 80.4 Å². The molecule has 0 saturated carbocycles. The van der Waals surface area contributed by atoms with Gasteiger partial charge in [-0.15, -0.1) is 0 Å². The largest absolute Gasteiger partial charge is 0.481 e. The van der Waals surface area contributed by atoms with Crippen LogP contribution in [-0.4, -0.2) is 17.0 Å². The maximum absolute atomic E-state index is 11.5. The predicted octanol–water partition coefficient (Wildman–Crippen LogP) is 2.54. The number of benzene rings is 1. The minimum atomic E-state index is -0.770. The lowest BCUT2D eigenvalue weighted by atomic mass is 9.79. The van der Waals surface area contributed by atoms with Gasteiger partial charge in [-0.3, -0.25) is 9.59 Å². The van der Waals surface area contributed by atoms with Crippen molar-refractivity contribution in [3.8, 4) is 0 Å². The minimum absolute atomic E-state index is 0.163. The Morgan fingerprint density at radius 1 is 1.30 bits per heavy atom. The van der Waals surface area contributed by atoms with E-state index < -0.39 is 11.4 Å². The van der Waals surface area contributed by atoms with Gasteiger partial charge in [0.2, 0.25) is 5.91 Å². The molecule has 0 bridgehead atoms. The van der Waals surface area contributed by atoms with Gasteiger partial charge in [0.15, 0.2) is 1.41 Å². The quantitative estimate of drug-likeness (QED) is 0.766. The van der Waals surface area contributed by atoms with Crippen LogP contribution in [-0.2, 0) is 22.4 Å². The molecule has 1 amide bonds. The first-order valence-corrected chi connectivity index (χ1v) is 6.93. The standard InChI is InChI=1S/C16H23NO3/c1-3-4-9-16(2,15(19)20)11-13-7-5-12(6-8-13)10-14(17)18/h5-8H,3-4,9-11H2,1-2H3,(H2,17,18)(H,19,20)/i/hD. The van der Waals surface area contributed by atoms with Gasteiger partial charge in [0.05, 0.1) is 11.8 Å². The van der Waals surface area contributed by atoms with Crippen LogP contribution in [0.4, 0.5) is 0 Å². The van der Waals surface area contributed by atoms with Crippen LogP contribution in [0.3, 0.4) is 0 Å². The molecule has 0 heterocycles. The highest BCUT2D eigenvalue weighted by atomic mass is 16.4. The zero-order valence-corrected chi connectivity index (χ0v) is 12.1. The molecular weight excluding hydrogens is 254 g/mol. The highest BCUT2D eigenvalue weighted by molar-refractivity contribution is 5.76. The summed E-state index contributed by atoms with van der Waals surface area (Å²) in [4.78, 5) is 22.6. The molecule has 0 radical (unpaired) electrons. The molecule has 4 heteroatoms. The normalized spacial score (nSPS) is 14.2. The number of rotatable bonds is 8. The van der Waals surface area contributed by atoms with Crippen LogP contribution < -0.4 is 5.73 Å². The van der Waals surface area contributed by atoms with Crippen molar-refractivity contribution in [2.45, 2.75) is 46.0 Å². The van der Waals surface area contributed by atoms with Gasteiger partial charge in [-0.25, -0.2) is 0 Å². The molecule has 1 aromatic rings. The van der Waals surface area contributed by atoms with E-state index in [2.05, 4.69) is 6.92 Å². The second-order valence-corrected chi connectivity index (χ2v) is 5.56. The molecule has 110 valence electrons. The van der Waals surface area contributed by atoms with Crippen molar-refractivity contribution in [3.63, 3.8) is 0 Å². The third kappa shape index (κ3) is 4.68. The molecule has 0 saturated heterocycles. The smallest absolute Gasteiger partial charge is 0.309 e. The number of carboxylic acid groups (broad SMARTS) is 1. The Morgan fingerprint density at radius 3 is 2.40 bits per heavy atom. The molecule has 1 unspecified atom stereocenters. The molecule has 1 rings (SSSR count). The van der Waals surface area contributed by atoms with E-state index >= 15 is 0 Å². The lowest BCUT2D eigenvalue weighted by molar-refractivity contribution is -0.148. The summed E-state index contributed by atoms with van der Waals surface area (Å²) in [5.41, 5.74) is 2.85. The molecule has 3 N–H and O–H groups in total. The van der Waals surface area contributed by atoms with Gasteiger partial charge >= 0.3 is 5.97 Å². The van der Waals surface area contributed by atoms with E-state index in [1.165, 1.54) is 0 Å². The molecule has 0 fully saturated rings. The number of hydrogen-bond donors (Lipinski definition) is 2. The first kappa shape index (κ1) is 14.6. The summed E-state index contributed by atoms with van der Waals surface area (Å²) in [7, 11) is 0. The van der Waals surface area contributed by atoms with Crippen molar-refractivity contribution in [1.29, 1.82) is 0 Å². The van der Waals surface area contributed by atoms with E-state index in [0.29, 0.717) is 12.8 Å². The van der Waals surface area contributed by atoms with E-state index in [0.717, 1.165) is 24.0 Å². The van der Waals surface area contributed by atoms with Crippen LogP contribution in [0.2, 0.25) is 1.41 Å². The molecule has 0 aromatic heterocycles. The van der Waals surface area contributed by atoms with Gasteiger partial charge in [0.1, 0.15) is 0 Å². The summed E-state index contributed by atoms with van der Waals surface area (Å²) in [5.74, 6) is -1.13. The fraction of sp³-hybridized carbons (Fsp3) is 0.500. The molecule has 0 aliphatic heterocycles. The van der Waals surface area contributed by atoms with Gasteiger partial charge in [-0.1, -0.05) is 44.0 Å². The Bertz CT molecular complexity index is 487. The van der Waals surface area contributed by atoms with Crippen molar-refractivity contribution < 1.29 is 16.1 Å². The maximum atomic E-state index is 11.5. The summed E-state index contributed by atoms with van der Waals surface area (Å²) in [5, 5.41) is 9.45. The van der Waals surface area contributed by atoms with Gasteiger partial charge in [-0.2, -0.15) is 0 Å². The zero-order chi connectivity index (χ0) is 15.9. The Labute approximate surface area is 121 Å². The van der Waals surface area contributed by atoms with E-state index in [-0.39, 0.29) is 12.3 Å². The lowest BCUT2D eigenvalue weighted by Crippen LogP contribution is -2.30. The molecule has 1 atom stereocenters. The summed E-state index contributed by atoms with van der Waals surface area (Å²) in [6, 6.07) is 7.35. The summed E-state index contributed by atoms with van der Waals surface area (Å²) >= 11 is 0. The number of amides is 1. The Balaban J connectivity index is 2.76. The van der Waals surface area contributed by atoms with E-state index in [1.54, 1.807) is 6.92 Å². The fourth-order valence-electron chi connectivity index (χ4n) is 2.25. The number of primary amides is 1. The first-order valence-electron chi connectivity index (χ1n) is 7.43. The Kier molecular flexibility index (Phi) is 5.16. The average Bonchev–Trinajstić information content (AvgIpc) is 2.47. The summed E-state index contributed by atoms with van der Waals surface area (Å²) in [6.45, 7) is 3.83. The SMILES string of the molecule is [2H]NC(=O)Cc1ccc(CC(C)(CCCC)C(=O)O)cc1. The third-order valence-electron chi connectivity index (χ3n) is 3.58. The predicted molar refractivity (Wildman–Crippen MR) is 78.3 cm³/mol. The Hall–Kier alpha value is -1.84. The number of carboxylic acids is 1. The van der Waals surface area contributed by atoms with Gasteiger partial charge in [0.25, 0.3) is 0 Å². The number of nitrogens with two attached hydrogens (primary N) is 1. The average molecular weight is 278 g/mol. The van der Waals surface area contributed by atoms with Crippen molar-refractivity contribution in [3.05, 3.63) is 35.4 Å². The molecule has 0 spiro atoms. The van der Waals surface area contributed by atoms with Crippen molar-refractivity contribution in [1.82, 2.24) is 0 Å². The number of carbonyl (C=O) groups is 2. The number of carbonyl (C=O) groups excluding carboxylic acids is 1. The van der Waals surface area contributed by atoms with Crippen molar-refractivity contribution >= 4 is 11.9 Å². The van der Waals surface area contributed by atoms with Crippen molar-refractivity contribution in [2.24, 2.45) is 11.1 Å². The van der Waals surface area contributed by atoms with Gasteiger partial charge < -0.3 is 10.8 Å². The highest BCUT2D eigenvalue weighted by Gasteiger charge is 2.32. The fourth-order valence-corrected chi connectivity index (χ4v) is 2.25. The number of unbranched alkanes of at least 4 members (excludes halogenated alkanes) is 1. The van der Waals surface area contributed by atoms with Crippen LogP contribution in [0.5, 0.6) is 0 Å². The van der Waals surface area contributed by atoms with Gasteiger partial charge in [-0.05, 0) is 30.9 Å². The second kappa shape index (κ2) is 7.08. The zero-order valence-electron chi connectivity index (χ0n) is 13.1. The van der Waals surface area contributed by atoms with Crippen LogP contribution in [0, 0.1) is 5.41 Å². The van der Waals surface area contributed by atoms with E-state index in [9.17, 15) is 14.7 Å². The second-order valence-electron chi connectivity index (χ2n) is 5.56. The first-order chi connectivity index (χ1) is 9.91. The van der Waals surface area contributed by atoms with Gasteiger partial charge in [0, 0.05) is 0 Å². The molecule has 0 aliphatic carbocycles.